The van der Waals surface area contributed by atoms with Gasteiger partial charge in [-0.2, -0.15) is 0 Å². The molecule has 2 amide bonds. The molecule has 0 aliphatic heterocycles. The molecule has 2 rings (SSSR count). The van der Waals surface area contributed by atoms with Gasteiger partial charge in [-0.1, -0.05) is 18.2 Å². The van der Waals surface area contributed by atoms with E-state index in [1.807, 2.05) is 73.3 Å². The molecular weight excluding hydrogens is 320 g/mol. The topological polar surface area (TPSA) is 49.4 Å². The molecule has 0 bridgehead atoms. The van der Waals surface area contributed by atoms with Crippen molar-refractivity contribution in [3.63, 3.8) is 0 Å². The summed E-state index contributed by atoms with van der Waals surface area (Å²) in [7, 11) is 0. The Hall–Kier alpha value is -2.27. The van der Waals surface area contributed by atoms with Crippen LogP contribution in [0.15, 0.2) is 59.5 Å². The summed E-state index contributed by atoms with van der Waals surface area (Å²) in [5, 5.41) is 2.73. The Morgan fingerprint density at radius 3 is 2.21 bits per heavy atom. The summed E-state index contributed by atoms with van der Waals surface area (Å²) in [6.45, 7) is 5.50. The van der Waals surface area contributed by atoms with Crippen molar-refractivity contribution in [2.75, 3.05) is 16.0 Å². The van der Waals surface area contributed by atoms with E-state index in [0.29, 0.717) is 5.75 Å². The SMILES string of the molecule is CC(=O)Nc1ccc(SCC(=O)N(c2ccccc2)C(C)C)cc1. The summed E-state index contributed by atoms with van der Waals surface area (Å²) in [5.74, 6) is 0.347. The van der Waals surface area contributed by atoms with Gasteiger partial charge in [0.25, 0.3) is 0 Å². The number of para-hydroxylation sites is 1. The average molecular weight is 342 g/mol. The number of nitrogens with one attached hydrogen (secondary N) is 1. The van der Waals surface area contributed by atoms with Gasteiger partial charge in [-0.15, -0.1) is 11.8 Å². The molecule has 0 aromatic heterocycles. The molecular formula is C19H22N2O2S. The molecule has 5 heteroatoms. The van der Waals surface area contributed by atoms with Crippen LogP contribution >= 0.6 is 11.8 Å². The number of hydrogen-bond donors (Lipinski definition) is 1. The van der Waals surface area contributed by atoms with E-state index in [9.17, 15) is 9.59 Å². The van der Waals surface area contributed by atoms with Gasteiger partial charge in [0.2, 0.25) is 11.8 Å². The fourth-order valence-corrected chi connectivity index (χ4v) is 3.13. The standard InChI is InChI=1S/C19H22N2O2S/c1-14(2)21(17-7-5-4-6-8-17)19(23)13-24-18-11-9-16(10-12-18)20-15(3)22/h4-12,14H,13H2,1-3H3,(H,20,22). The molecule has 0 radical (unpaired) electrons. The first-order chi connectivity index (χ1) is 11.5. The zero-order valence-corrected chi connectivity index (χ0v) is 15.0. The van der Waals surface area contributed by atoms with Gasteiger partial charge in [0.05, 0.1) is 5.75 Å². The summed E-state index contributed by atoms with van der Waals surface area (Å²) < 4.78 is 0. The van der Waals surface area contributed by atoms with Crippen LogP contribution in [-0.2, 0) is 9.59 Å². The monoisotopic (exact) mass is 342 g/mol. The summed E-state index contributed by atoms with van der Waals surface area (Å²) in [5.41, 5.74) is 1.67. The molecule has 2 aromatic carbocycles. The fourth-order valence-electron chi connectivity index (χ4n) is 2.37. The number of nitrogens with zero attached hydrogens (tertiary/aromatic N) is 1. The van der Waals surface area contributed by atoms with E-state index in [-0.39, 0.29) is 17.9 Å². The molecule has 0 spiro atoms. The lowest BCUT2D eigenvalue weighted by Gasteiger charge is -2.26. The van der Waals surface area contributed by atoms with Crippen molar-refractivity contribution < 1.29 is 9.59 Å². The van der Waals surface area contributed by atoms with Gasteiger partial charge in [-0.3, -0.25) is 9.59 Å². The van der Waals surface area contributed by atoms with Gasteiger partial charge in [-0.05, 0) is 50.2 Å². The predicted octanol–water partition coefficient (Wildman–Crippen LogP) is 4.18. The average Bonchev–Trinajstić information content (AvgIpc) is 2.54. The van der Waals surface area contributed by atoms with Crippen LogP contribution in [0.1, 0.15) is 20.8 Å². The number of carbonyl (C=O) groups excluding carboxylic acids is 2. The first kappa shape index (κ1) is 18.1. The van der Waals surface area contributed by atoms with Crippen LogP contribution in [0.5, 0.6) is 0 Å². The van der Waals surface area contributed by atoms with Gasteiger partial charge in [0, 0.05) is 29.2 Å². The van der Waals surface area contributed by atoms with E-state index in [0.717, 1.165) is 16.3 Å². The number of anilines is 2. The van der Waals surface area contributed by atoms with Crippen molar-refractivity contribution in [2.24, 2.45) is 0 Å². The van der Waals surface area contributed by atoms with Crippen molar-refractivity contribution >= 4 is 35.0 Å². The Labute approximate surface area is 147 Å². The first-order valence-electron chi connectivity index (χ1n) is 7.85. The van der Waals surface area contributed by atoms with Crippen LogP contribution < -0.4 is 10.2 Å². The second-order valence-corrected chi connectivity index (χ2v) is 6.74. The van der Waals surface area contributed by atoms with E-state index < -0.39 is 0 Å². The Bertz CT molecular complexity index is 684. The van der Waals surface area contributed by atoms with Crippen molar-refractivity contribution in [2.45, 2.75) is 31.7 Å². The van der Waals surface area contributed by atoms with E-state index in [1.54, 1.807) is 0 Å². The molecule has 126 valence electrons. The minimum atomic E-state index is -0.0963. The molecule has 0 saturated heterocycles. The summed E-state index contributed by atoms with van der Waals surface area (Å²) in [4.78, 5) is 26.5. The van der Waals surface area contributed by atoms with Crippen LogP contribution in [0.3, 0.4) is 0 Å². The normalized spacial score (nSPS) is 10.5. The molecule has 1 N–H and O–H groups in total. The highest BCUT2D eigenvalue weighted by Crippen LogP contribution is 2.23. The second kappa shape index (κ2) is 8.55. The van der Waals surface area contributed by atoms with Crippen LogP contribution in [0, 0.1) is 0 Å². The molecule has 2 aromatic rings. The number of hydrogen-bond acceptors (Lipinski definition) is 3. The van der Waals surface area contributed by atoms with Gasteiger partial charge < -0.3 is 10.2 Å². The minimum Gasteiger partial charge on any atom is -0.326 e. The highest BCUT2D eigenvalue weighted by Gasteiger charge is 2.18. The van der Waals surface area contributed by atoms with Crippen LogP contribution in [0.4, 0.5) is 11.4 Å². The van der Waals surface area contributed by atoms with E-state index >= 15 is 0 Å². The quantitative estimate of drug-likeness (QED) is 0.801. The second-order valence-electron chi connectivity index (χ2n) is 5.69. The summed E-state index contributed by atoms with van der Waals surface area (Å²) in [6.07, 6.45) is 0. The maximum atomic E-state index is 12.6. The molecule has 4 nitrogen and oxygen atoms in total. The molecule has 0 aliphatic rings. The Kier molecular flexibility index (Phi) is 6.44. The lowest BCUT2D eigenvalue weighted by atomic mass is 10.2. The smallest absolute Gasteiger partial charge is 0.237 e. The van der Waals surface area contributed by atoms with Crippen LogP contribution in [0.25, 0.3) is 0 Å². The van der Waals surface area contributed by atoms with Gasteiger partial charge in [-0.25, -0.2) is 0 Å². The minimum absolute atomic E-state index is 0.0761. The Morgan fingerprint density at radius 2 is 1.67 bits per heavy atom. The third-order valence-corrected chi connectivity index (χ3v) is 4.35. The summed E-state index contributed by atoms with van der Waals surface area (Å²) >= 11 is 1.49. The lowest BCUT2D eigenvalue weighted by molar-refractivity contribution is -0.116. The largest absolute Gasteiger partial charge is 0.326 e. The summed E-state index contributed by atoms with van der Waals surface area (Å²) in [6, 6.07) is 17.3. The first-order valence-corrected chi connectivity index (χ1v) is 8.83. The highest BCUT2D eigenvalue weighted by molar-refractivity contribution is 8.00. The molecule has 24 heavy (non-hydrogen) atoms. The Balaban J connectivity index is 1.99. The lowest BCUT2D eigenvalue weighted by Crippen LogP contribution is -2.38. The maximum absolute atomic E-state index is 12.6. The number of thioether (sulfide) groups is 1. The van der Waals surface area contributed by atoms with Crippen LogP contribution in [-0.4, -0.2) is 23.6 Å². The predicted molar refractivity (Wildman–Crippen MR) is 101 cm³/mol. The Morgan fingerprint density at radius 1 is 1.04 bits per heavy atom. The van der Waals surface area contributed by atoms with Gasteiger partial charge in [0.1, 0.15) is 0 Å². The molecule has 0 fully saturated rings. The number of benzene rings is 2. The number of rotatable bonds is 6. The number of amides is 2. The van der Waals surface area contributed by atoms with Crippen molar-refractivity contribution in [1.82, 2.24) is 0 Å². The zero-order chi connectivity index (χ0) is 17.5. The van der Waals surface area contributed by atoms with Gasteiger partial charge in [0.15, 0.2) is 0 Å². The van der Waals surface area contributed by atoms with Gasteiger partial charge >= 0.3 is 0 Å². The maximum Gasteiger partial charge on any atom is 0.237 e. The highest BCUT2D eigenvalue weighted by atomic mass is 32.2. The van der Waals surface area contributed by atoms with E-state index in [4.69, 9.17) is 0 Å². The van der Waals surface area contributed by atoms with E-state index in [1.165, 1.54) is 18.7 Å². The zero-order valence-electron chi connectivity index (χ0n) is 14.2. The van der Waals surface area contributed by atoms with Crippen LogP contribution in [0.2, 0.25) is 0 Å². The molecule has 0 saturated carbocycles. The third-order valence-electron chi connectivity index (χ3n) is 3.36. The van der Waals surface area contributed by atoms with Crippen molar-refractivity contribution in [3.8, 4) is 0 Å². The van der Waals surface area contributed by atoms with Crippen molar-refractivity contribution in [3.05, 3.63) is 54.6 Å². The third kappa shape index (κ3) is 5.13. The molecule has 0 aliphatic carbocycles. The van der Waals surface area contributed by atoms with Crippen molar-refractivity contribution in [1.29, 1.82) is 0 Å². The number of carbonyl (C=O) groups is 2. The molecule has 0 atom stereocenters. The van der Waals surface area contributed by atoms with E-state index in [2.05, 4.69) is 5.32 Å². The molecule has 0 unspecified atom stereocenters. The fraction of sp³-hybridized carbons (Fsp3) is 0.263. The molecule has 0 heterocycles.